The normalized spacial score (nSPS) is 14.2. The number of rotatable bonds is 6. The highest BCUT2D eigenvalue weighted by Crippen LogP contribution is 2.39. The fraction of sp³-hybridized carbons (Fsp3) is 0.333. The van der Waals surface area contributed by atoms with Crippen LogP contribution in [0.3, 0.4) is 0 Å². The molecule has 0 aliphatic carbocycles. The van der Waals surface area contributed by atoms with Crippen molar-refractivity contribution in [2.75, 3.05) is 26.1 Å². The van der Waals surface area contributed by atoms with Crippen molar-refractivity contribution in [3.63, 3.8) is 0 Å². The van der Waals surface area contributed by atoms with Crippen LogP contribution in [0.1, 0.15) is 35.5 Å². The van der Waals surface area contributed by atoms with Crippen molar-refractivity contribution in [3.05, 3.63) is 53.2 Å². The topological polar surface area (TPSA) is 74.6 Å². The van der Waals surface area contributed by atoms with E-state index >= 15 is 0 Å². The molecule has 3 aromatic rings. The Morgan fingerprint density at radius 3 is 2.77 bits per heavy atom. The van der Waals surface area contributed by atoms with E-state index in [1.807, 2.05) is 61.9 Å². The quantitative estimate of drug-likeness (QED) is 0.637. The highest BCUT2D eigenvalue weighted by atomic mass is 16.5. The van der Waals surface area contributed by atoms with Gasteiger partial charge in [0.15, 0.2) is 0 Å². The Hall–Kier alpha value is -3.32. The third-order valence-corrected chi connectivity index (χ3v) is 5.33. The first-order valence-electron chi connectivity index (χ1n) is 10.2. The lowest BCUT2D eigenvalue weighted by Crippen LogP contribution is -2.28. The van der Waals surface area contributed by atoms with E-state index in [1.165, 1.54) is 0 Å². The average Bonchev–Trinajstić information content (AvgIpc) is 3.05. The molecular formula is C24H27N3O4. The number of amides is 1. The van der Waals surface area contributed by atoms with Crippen LogP contribution in [-0.2, 0) is 11.3 Å². The summed E-state index contributed by atoms with van der Waals surface area (Å²) in [4.78, 5) is 13.1. The van der Waals surface area contributed by atoms with Crippen molar-refractivity contribution in [1.29, 1.82) is 0 Å². The van der Waals surface area contributed by atoms with Gasteiger partial charge in [-0.05, 0) is 63.3 Å². The highest BCUT2D eigenvalue weighted by Gasteiger charge is 2.26. The van der Waals surface area contributed by atoms with E-state index in [1.54, 1.807) is 20.3 Å². The first kappa shape index (κ1) is 20.9. The maximum absolute atomic E-state index is 13.1. The smallest absolute Gasteiger partial charge is 0.259 e. The second kappa shape index (κ2) is 8.07. The lowest BCUT2D eigenvalue weighted by molar-refractivity contribution is 0.102. The Balaban J connectivity index is 1.65. The molecule has 0 unspecified atom stereocenters. The van der Waals surface area contributed by atoms with E-state index in [0.29, 0.717) is 35.9 Å². The van der Waals surface area contributed by atoms with Crippen molar-refractivity contribution >= 4 is 28.6 Å². The molecule has 1 aromatic heterocycles. The van der Waals surface area contributed by atoms with Gasteiger partial charge in [0, 0.05) is 18.2 Å². The molecule has 0 spiro atoms. The summed E-state index contributed by atoms with van der Waals surface area (Å²) in [6.07, 6.45) is 3.90. The van der Waals surface area contributed by atoms with E-state index < -0.39 is 5.60 Å². The molecule has 0 saturated carbocycles. The second-order valence-corrected chi connectivity index (χ2v) is 8.08. The van der Waals surface area contributed by atoms with Gasteiger partial charge in [-0.3, -0.25) is 9.48 Å². The molecule has 2 heterocycles. The number of hydrogen-bond donors (Lipinski definition) is 1. The largest absolute Gasteiger partial charge is 0.495 e. The van der Waals surface area contributed by atoms with Gasteiger partial charge in [-0.25, -0.2) is 0 Å². The molecule has 1 amide bonds. The molecule has 4 rings (SSSR count). The minimum absolute atomic E-state index is 0.253. The summed E-state index contributed by atoms with van der Waals surface area (Å²) in [6, 6.07) is 9.32. The second-order valence-electron chi connectivity index (χ2n) is 8.08. The standard InChI is InChI=1S/C24H27N3O4/c1-15-17-7-6-16(14-20(17)27(26-15)12-13-29-4)25-23(28)19-8-9-21-18(22(19)30-5)10-11-24(2,3)31-21/h6-11,14H,12-13H2,1-5H3,(H,25,28). The molecular weight excluding hydrogens is 394 g/mol. The number of ether oxygens (including phenoxy) is 3. The number of hydrogen-bond acceptors (Lipinski definition) is 5. The number of methoxy groups -OCH3 is 2. The number of fused-ring (bicyclic) bond motifs is 2. The Kier molecular flexibility index (Phi) is 5.45. The van der Waals surface area contributed by atoms with Gasteiger partial charge in [-0.1, -0.05) is 0 Å². The summed E-state index contributed by atoms with van der Waals surface area (Å²) < 4.78 is 18.7. The van der Waals surface area contributed by atoms with Crippen LogP contribution >= 0.6 is 0 Å². The van der Waals surface area contributed by atoms with Crippen molar-refractivity contribution in [1.82, 2.24) is 9.78 Å². The molecule has 0 radical (unpaired) electrons. The molecule has 0 atom stereocenters. The van der Waals surface area contributed by atoms with Crippen molar-refractivity contribution in [2.24, 2.45) is 0 Å². The van der Waals surface area contributed by atoms with Crippen LogP contribution in [0.2, 0.25) is 0 Å². The fourth-order valence-corrected chi connectivity index (χ4v) is 3.79. The Labute approximate surface area is 181 Å². The predicted molar refractivity (Wildman–Crippen MR) is 121 cm³/mol. The van der Waals surface area contributed by atoms with Gasteiger partial charge < -0.3 is 19.5 Å². The van der Waals surface area contributed by atoms with Crippen LogP contribution in [0.5, 0.6) is 11.5 Å². The van der Waals surface area contributed by atoms with Crippen LogP contribution in [-0.4, -0.2) is 42.1 Å². The number of aryl methyl sites for hydroxylation is 1. The molecule has 31 heavy (non-hydrogen) atoms. The highest BCUT2D eigenvalue weighted by molar-refractivity contribution is 6.08. The van der Waals surface area contributed by atoms with E-state index in [0.717, 1.165) is 22.2 Å². The maximum Gasteiger partial charge on any atom is 0.259 e. The van der Waals surface area contributed by atoms with Gasteiger partial charge in [0.25, 0.3) is 5.91 Å². The molecule has 2 aromatic carbocycles. The van der Waals surface area contributed by atoms with Gasteiger partial charge in [-0.15, -0.1) is 0 Å². The Morgan fingerprint density at radius 2 is 2.03 bits per heavy atom. The number of benzene rings is 2. The lowest BCUT2D eigenvalue weighted by Gasteiger charge is -2.29. The Bertz CT molecular complexity index is 1180. The zero-order valence-electron chi connectivity index (χ0n) is 18.5. The van der Waals surface area contributed by atoms with Crippen LogP contribution < -0.4 is 14.8 Å². The minimum atomic E-state index is -0.402. The van der Waals surface area contributed by atoms with Gasteiger partial charge in [0.05, 0.1) is 42.6 Å². The van der Waals surface area contributed by atoms with Crippen molar-refractivity contribution in [2.45, 2.75) is 32.9 Å². The summed E-state index contributed by atoms with van der Waals surface area (Å²) in [7, 11) is 3.22. The first-order chi connectivity index (χ1) is 14.8. The lowest BCUT2D eigenvalue weighted by atomic mass is 9.99. The molecule has 7 nitrogen and oxygen atoms in total. The van der Waals surface area contributed by atoms with Gasteiger partial charge >= 0.3 is 0 Å². The summed E-state index contributed by atoms with van der Waals surface area (Å²) in [5.74, 6) is 0.931. The van der Waals surface area contributed by atoms with Crippen molar-refractivity contribution < 1.29 is 19.0 Å². The Morgan fingerprint density at radius 1 is 1.23 bits per heavy atom. The van der Waals surface area contributed by atoms with Crippen LogP contribution in [0.4, 0.5) is 5.69 Å². The monoisotopic (exact) mass is 421 g/mol. The minimum Gasteiger partial charge on any atom is -0.495 e. The van der Waals surface area contributed by atoms with Gasteiger partial charge in [-0.2, -0.15) is 5.10 Å². The molecule has 7 heteroatoms. The molecule has 0 bridgehead atoms. The maximum atomic E-state index is 13.1. The number of nitrogens with zero attached hydrogens (tertiary/aromatic N) is 2. The zero-order chi connectivity index (χ0) is 22.2. The zero-order valence-corrected chi connectivity index (χ0v) is 18.5. The van der Waals surface area contributed by atoms with Gasteiger partial charge in [0.1, 0.15) is 17.1 Å². The molecule has 1 aliphatic rings. The molecule has 1 N–H and O–H groups in total. The van der Waals surface area contributed by atoms with Gasteiger partial charge in [0.2, 0.25) is 0 Å². The SMILES string of the molecule is COCCn1nc(C)c2ccc(NC(=O)c3ccc4c(c3OC)C=CC(C)(C)O4)cc21. The number of carbonyl (C=O) groups is 1. The first-order valence-corrected chi connectivity index (χ1v) is 10.2. The third-order valence-electron chi connectivity index (χ3n) is 5.33. The molecule has 1 aliphatic heterocycles. The van der Waals surface area contributed by atoms with E-state index in [9.17, 15) is 4.79 Å². The van der Waals surface area contributed by atoms with E-state index in [-0.39, 0.29) is 5.91 Å². The van der Waals surface area contributed by atoms with Crippen molar-refractivity contribution in [3.8, 4) is 11.5 Å². The average molecular weight is 421 g/mol. The van der Waals surface area contributed by atoms with Crippen LogP contribution in [0.15, 0.2) is 36.4 Å². The summed E-state index contributed by atoms with van der Waals surface area (Å²) >= 11 is 0. The number of nitrogens with one attached hydrogen (secondary N) is 1. The van der Waals surface area contributed by atoms with Crippen LogP contribution in [0, 0.1) is 6.92 Å². The predicted octanol–water partition coefficient (Wildman–Crippen LogP) is 4.44. The van der Waals surface area contributed by atoms with E-state index in [2.05, 4.69) is 10.4 Å². The van der Waals surface area contributed by atoms with E-state index in [4.69, 9.17) is 14.2 Å². The summed E-state index contributed by atoms with van der Waals surface area (Å²) in [5.41, 5.74) is 3.37. The fourth-order valence-electron chi connectivity index (χ4n) is 3.79. The summed E-state index contributed by atoms with van der Waals surface area (Å²) in [6.45, 7) is 7.13. The van der Waals surface area contributed by atoms with Crippen LogP contribution in [0.25, 0.3) is 17.0 Å². The molecule has 0 fully saturated rings. The molecule has 0 saturated heterocycles. The molecule has 162 valence electrons. The third kappa shape index (κ3) is 4.01. The summed E-state index contributed by atoms with van der Waals surface area (Å²) in [5, 5.41) is 8.61. The number of carbonyl (C=O) groups excluding carboxylic acids is 1. The number of aromatic nitrogens is 2. The number of anilines is 1.